The minimum absolute atomic E-state index is 0. The number of hydrogen-bond acceptors (Lipinski definition) is 1. The van der Waals surface area contributed by atoms with Crippen LogP contribution >= 0.6 is 24.0 Å². The number of hydrogen-bond donors (Lipinski definition) is 2. The van der Waals surface area contributed by atoms with Crippen molar-refractivity contribution in [2.75, 3.05) is 13.6 Å². The number of nitrogens with zero attached hydrogens (tertiary/aromatic N) is 1. The molecule has 3 nitrogen and oxygen atoms in total. The second kappa shape index (κ2) is 8.40. The fourth-order valence-electron chi connectivity index (χ4n) is 1.61. The van der Waals surface area contributed by atoms with Crippen LogP contribution in [0.5, 0.6) is 0 Å². The highest BCUT2D eigenvalue weighted by molar-refractivity contribution is 14.0. The number of aliphatic imine (C=N–C) groups is 1. The molecule has 0 aromatic heterocycles. The molecule has 0 aliphatic carbocycles. The molecule has 0 bridgehead atoms. The summed E-state index contributed by atoms with van der Waals surface area (Å²) in [5.74, 6) is 0.856. The van der Waals surface area contributed by atoms with Crippen molar-refractivity contribution in [3.63, 3.8) is 0 Å². The van der Waals surface area contributed by atoms with E-state index in [0.717, 1.165) is 18.9 Å². The first kappa shape index (κ1) is 18.2. The third kappa shape index (κ3) is 8.08. The molecule has 0 aliphatic rings. The molecule has 1 rings (SSSR count). The van der Waals surface area contributed by atoms with Crippen LogP contribution in [0.15, 0.2) is 29.3 Å². The topological polar surface area (TPSA) is 36.4 Å². The second-order valence-corrected chi connectivity index (χ2v) is 5.61. The average Bonchev–Trinajstić information content (AvgIpc) is 2.29. The van der Waals surface area contributed by atoms with Crippen LogP contribution in [0.4, 0.5) is 0 Å². The van der Waals surface area contributed by atoms with Crippen LogP contribution in [-0.2, 0) is 6.42 Å². The summed E-state index contributed by atoms with van der Waals surface area (Å²) >= 11 is 0. The van der Waals surface area contributed by atoms with Crippen LogP contribution in [0.3, 0.4) is 0 Å². The summed E-state index contributed by atoms with van der Waals surface area (Å²) in [5, 5.41) is 6.67. The van der Waals surface area contributed by atoms with Gasteiger partial charge in [0, 0.05) is 19.1 Å². The Morgan fingerprint density at radius 1 is 1.16 bits per heavy atom. The molecule has 0 unspecified atom stereocenters. The molecule has 1 aromatic rings. The third-order valence-electron chi connectivity index (χ3n) is 2.54. The van der Waals surface area contributed by atoms with Crippen molar-refractivity contribution in [1.29, 1.82) is 0 Å². The van der Waals surface area contributed by atoms with Gasteiger partial charge in [-0.25, -0.2) is 0 Å². The normalized spacial score (nSPS) is 11.7. The molecule has 19 heavy (non-hydrogen) atoms. The van der Waals surface area contributed by atoms with Crippen LogP contribution < -0.4 is 10.6 Å². The molecular weight excluding hydrogens is 349 g/mol. The highest BCUT2D eigenvalue weighted by Gasteiger charge is 2.11. The number of halogens is 1. The Morgan fingerprint density at radius 3 is 2.21 bits per heavy atom. The van der Waals surface area contributed by atoms with Crippen molar-refractivity contribution in [3.8, 4) is 0 Å². The SMILES string of the molecule is CN=C(NCCc1ccc(C)cc1)NC(C)(C)C.I. The molecule has 0 aliphatic heterocycles. The Bertz CT molecular complexity index is 391. The summed E-state index contributed by atoms with van der Waals surface area (Å²) < 4.78 is 0. The van der Waals surface area contributed by atoms with Crippen LogP contribution in [0.2, 0.25) is 0 Å². The zero-order valence-corrected chi connectivity index (χ0v) is 14.9. The van der Waals surface area contributed by atoms with E-state index in [9.17, 15) is 0 Å². The van der Waals surface area contributed by atoms with E-state index < -0.39 is 0 Å². The van der Waals surface area contributed by atoms with Gasteiger partial charge in [0.1, 0.15) is 0 Å². The molecule has 0 spiro atoms. The summed E-state index contributed by atoms with van der Waals surface area (Å²) in [6, 6.07) is 8.66. The second-order valence-electron chi connectivity index (χ2n) is 5.61. The van der Waals surface area contributed by atoms with Gasteiger partial charge in [0.15, 0.2) is 5.96 Å². The van der Waals surface area contributed by atoms with Gasteiger partial charge in [0.05, 0.1) is 0 Å². The van der Waals surface area contributed by atoms with Gasteiger partial charge in [0.2, 0.25) is 0 Å². The molecule has 4 heteroatoms. The van der Waals surface area contributed by atoms with Crippen LogP contribution in [0, 0.1) is 6.92 Å². The molecule has 0 amide bonds. The van der Waals surface area contributed by atoms with Crippen molar-refractivity contribution >= 4 is 29.9 Å². The Hall–Kier alpha value is -0.780. The highest BCUT2D eigenvalue weighted by atomic mass is 127. The highest BCUT2D eigenvalue weighted by Crippen LogP contribution is 2.03. The van der Waals surface area contributed by atoms with E-state index in [1.165, 1.54) is 11.1 Å². The van der Waals surface area contributed by atoms with Crippen molar-refractivity contribution in [3.05, 3.63) is 35.4 Å². The maximum Gasteiger partial charge on any atom is 0.191 e. The van der Waals surface area contributed by atoms with Gasteiger partial charge in [-0.3, -0.25) is 4.99 Å². The first-order valence-corrected chi connectivity index (χ1v) is 6.45. The van der Waals surface area contributed by atoms with Crippen LogP contribution in [0.1, 0.15) is 31.9 Å². The minimum Gasteiger partial charge on any atom is -0.356 e. The third-order valence-corrected chi connectivity index (χ3v) is 2.54. The lowest BCUT2D eigenvalue weighted by Crippen LogP contribution is -2.48. The predicted molar refractivity (Wildman–Crippen MR) is 94.5 cm³/mol. The number of nitrogens with one attached hydrogen (secondary N) is 2. The van der Waals surface area contributed by atoms with Gasteiger partial charge in [0.25, 0.3) is 0 Å². The lowest BCUT2D eigenvalue weighted by molar-refractivity contribution is 0.501. The average molecular weight is 375 g/mol. The Labute approximate surface area is 134 Å². The standard InChI is InChI=1S/C15H25N3.HI/c1-12-6-8-13(9-7-12)10-11-17-14(16-5)18-15(2,3)4;/h6-9H,10-11H2,1-5H3,(H2,16,17,18);1H. The van der Waals surface area contributed by atoms with E-state index in [4.69, 9.17) is 0 Å². The summed E-state index contributed by atoms with van der Waals surface area (Å²) in [6.45, 7) is 9.37. The first-order chi connectivity index (χ1) is 8.40. The minimum atomic E-state index is 0. The smallest absolute Gasteiger partial charge is 0.191 e. The number of benzene rings is 1. The van der Waals surface area contributed by atoms with E-state index in [-0.39, 0.29) is 29.5 Å². The predicted octanol–water partition coefficient (Wildman–Crippen LogP) is 3.12. The summed E-state index contributed by atoms with van der Waals surface area (Å²) in [7, 11) is 1.80. The van der Waals surface area contributed by atoms with E-state index in [1.807, 2.05) is 0 Å². The number of aryl methyl sites for hydroxylation is 1. The molecule has 0 fully saturated rings. The van der Waals surface area contributed by atoms with Gasteiger partial charge < -0.3 is 10.6 Å². The van der Waals surface area contributed by atoms with E-state index in [1.54, 1.807) is 7.05 Å². The van der Waals surface area contributed by atoms with Crippen LogP contribution in [0.25, 0.3) is 0 Å². The molecule has 108 valence electrons. The zero-order valence-electron chi connectivity index (χ0n) is 12.6. The van der Waals surface area contributed by atoms with Crippen molar-refractivity contribution in [1.82, 2.24) is 10.6 Å². The fourth-order valence-corrected chi connectivity index (χ4v) is 1.61. The molecule has 0 radical (unpaired) electrons. The van der Waals surface area contributed by atoms with Crippen LogP contribution in [-0.4, -0.2) is 25.1 Å². The number of rotatable bonds is 3. The van der Waals surface area contributed by atoms with Crippen molar-refractivity contribution in [2.24, 2.45) is 4.99 Å². The van der Waals surface area contributed by atoms with Gasteiger partial charge >= 0.3 is 0 Å². The Kier molecular flexibility index (Phi) is 8.06. The molecule has 0 saturated carbocycles. The van der Waals surface area contributed by atoms with E-state index >= 15 is 0 Å². The maximum absolute atomic E-state index is 4.21. The lowest BCUT2D eigenvalue weighted by Gasteiger charge is -2.23. The summed E-state index contributed by atoms with van der Waals surface area (Å²) in [5.41, 5.74) is 2.68. The molecule has 0 heterocycles. The zero-order chi connectivity index (χ0) is 13.6. The number of guanidine groups is 1. The molecular formula is C15H26IN3. The summed E-state index contributed by atoms with van der Waals surface area (Å²) in [6.07, 6.45) is 1.01. The van der Waals surface area contributed by atoms with Gasteiger partial charge in [-0.2, -0.15) is 0 Å². The quantitative estimate of drug-likeness (QED) is 0.484. The first-order valence-electron chi connectivity index (χ1n) is 6.45. The van der Waals surface area contributed by atoms with E-state index in [2.05, 4.69) is 67.6 Å². The molecule has 2 N–H and O–H groups in total. The van der Waals surface area contributed by atoms with Crippen molar-refractivity contribution < 1.29 is 0 Å². The fraction of sp³-hybridized carbons (Fsp3) is 0.533. The summed E-state index contributed by atoms with van der Waals surface area (Å²) in [4.78, 5) is 4.21. The lowest BCUT2D eigenvalue weighted by atomic mass is 10.1. The maximum atomic E-state index is 4.21. The Morgan fingerprint density at radius 2 is 1.74 bits per heavy atom. The molecule has 0 atom stereocenters. The molecule has 0 saturated heterocycles. The molecule has 1 aromatic carbocycles. The Balaban J connectivity index is 0.00000324. The van der Waals surface area contributed by atoms with Gasteiger partial charge in [-0.05, 0) is 39.7 Å². The van der Waals surface area contributed by atoms with Crippen molar-refractivity contribution in [2.45, 2.75) is 39.7 Å². The monoisotopic (exact) mass is 375 g/mol. The largest absolute Gasteiger partial charge is 0.356 e. The van der Waals surface area contributed by atoms with Gasteiger partial charge in [-0.1, -0.05) is 29.8 Å². The van der Waals surface area contributed by atoms with Gasteiger partial charge in [-0.15, -0.1) is 24.0 Å². The van der Waals surface area contributed by atoms with E-state index in [0.29, 0.717) is 0 Å².